The first kappa shape index (κ1) is 15.5. The molecule has 1 saturated heterocycles. The Morgan fingerprint density at radius 3 is 2.77 bits per heavy atom. The first-order valence-electron chi connectivity index (χ1n) is 8.24. The van der Waals surface area contributed by atoms with Gasteiger partial charge in [-0.05, 0) is 44.2 Å². The molecule has 1 aromatic rings. The zero-order valence-corrected chi connectivity index (χ0v) is 13.5. The molecule has 4 heteroatoms. The summed E-state index contributed by atoms with van der Waals surface area (Å²) in [7, 11) is 0. The number of morpholine rings is 1. The Bertz CT molecular complexity index is 554. The second kappa shape index (κ2) is 6.01. The second-order valence-corrected chi connectivity index (χ2v) is 6.97. The van der Waals surface area contributed by atoms with E-state index in [2.05, 4.69) is 26.0 Å². The van der Waals surface area contributed by atoms with E-state index in [0.29, 0.717) is 19.6 Å². The van der Waals surface area contributed by atoms with Crippen LogP contribution in [0, 0.1) is 6.92 Å². The lowest BCUT2D eigenvalue weighted by Crippen LogP contribution is -2.54. The number of ether oxygens (including phenoxy) is 1. The molecule has 1 aliphatic heterocycles. The van der Waals surface area contributed by atoms with Crippen molar-refractivity contribution in [2.45, 2.75) is 57.2 Å². The number of hydrogen-bond acceptors (Lipinski definition) is 3. The highest BCUT2D eigenvalue weighted by atomic mass is 16.5. The maximum Gasteiger partial charge on any atom is 0.224 e. The lowest BCUT2D eigenvalue weighted by Gasteiger charge is -2.43. The van der Waals surface area contributed by atoms with E-state index in [-0.39, 0.29) is 23.6 Å². The normalized spacial score (nSPS) is 27.3. The predicted molar refractivity (Wildman–Crippen MR) is 86.4 cm³/mol. The SMILES string of the molecule is Cc1ccccc1[C@@H]1CN(C(=O)CC2(N)CCC2)[C@H](C)CO1. The van der Waals surface area contributed by atoms with Gasteiger partial charge in [0.25, 0.3) is 0 Å². The van der Waals surface area contributed by atoms with E-state index < -0.39 is 0 Å². The molecule has 0 radical (unpaired) electrons. The van der Waals surface area contributed by atoms with Crippen molar-refractivity contribution in [2.24, 2.45) is 5.73 Å². The number of nitrogens with two attached hydrogens (primary N) is 1. The van der Waals surface area contributed by atoms with Crippen molar-refractivity contribution in [2.75, 3.05) is 13.2 Å². The highest BCUT2D eigenvalue weighted by molar-refractivity contribution is 5.78. The molecule has 0 aromatic heterocycles. The number of aryl methyl sites for hydroxylation is 1. The van der Waals surface area contributed by atoms with Crippen molar-refractivity contribution >= 4 is 5.91 Å². The lowest BCUT2D eigenvalue weighted by atomic mass is 9.75. The van der Waals surface area contributed by atoms with Gasteiger partial charge in [0.15, 0.2) is 0 Å². The molecule has 22 heavy (non-hydrogen) atoms. The third-order valence-corrected chi connectivity index (χ3v) is 5.14. The third-order valence-electron chi connectivity index (χ3n) is 5.14. The molecular formula is C18H26N2O2. The van der Waals surface area contributed by atoms with Crippen LogP contribution in [-0.2, 0) is 9.53 Å². The summed E-state index contributed by atoms with van der Waals surface area (Å²) in [6.45, 7) is 5.35. The largest absolute Gasteiger partial charge is 0.370 e. The highest BCUT2D eigenvalue weighted by Crippen LogP contribution is 2.34. The molecular weight excluding hydrogens is 276 g/mol. The van der Waals surface area contributed by atoms with Gasteiger partial charge >= 0.3 is 0 Å². The van der Waals surface area contributed by atoms with Gasteiger partial charge in [-0.15, -0.1) is 0 Å². The summed E-state index contributed by atoms with van der Waals surface area (Å²) >= 11 is 0. The number of nitrogens with zero attached hydrogens (tertiary/aromatic N) is 1. The van der Waals surface area contributed by atoms with Crippen LogP contribution in [0.15, 0.2) is 24.3 Å². The summed E-state index contributed by atoms with van der Waals surface area (Å²) in [5, 5.41) is 0. The Kier molecular flexibility index (Phi) is 4.24. The number of hydrogen-bond donors (Lipinski definition) is 1. The summed E-state index contributed by atoms with van der Waals surface area (Å²) < 4.78 is 5.98. The smallest absolute Gasteiger partial charge is 0.224 e. The van der Waals surface area contributed by atoms with Crippen molar-refractivity contribution in [3.05, 3.63) is 35.4 Å². The average Bonchev–Trinajstić information content (AvgIpc) is 2.47. The van der Waals surface area contributed by atoms with E-state index in [0.717, 1.165) is 19.3 Å². The summed E-state index contributed by atoms with van der Waals surface area (Å²) in [5.41, 5.74) is 8.38. The molecule has 2 atom stereocenters. The van der Waals surface area contributed by atoms with Crippen LogP contribution < -0.4 is 5.73 Å². The second-order valence-electron chi connectivity index (χ2n) is 6.97. The summed E-state index contributed by atoms with van der Waals surface area (Å²) in [6.07, 6.45) is 3.53. The molecule has 2 aliphatic rings. The van der Waals surface area contributed by atoms with Crippen LogP contribution in [0.2, 0.25) is 0 Å². The van der Waals surface area contributed by atoms with E-state index >= 15 is 0 Å². The summed E-state index contributed by atoms with van der Waals surface area (Å²) in [6, 6.07) is 8.36. The standard InChI is InChI=1S/C18H26N2O2/c1-13-6-3-4-7-15(13)16-11-20(14(2)12-22-16)17(21)10-18(19)8-5-9-18/h3-4,6-7,14,16H,5,8-12,19H2,1-2H3/t14-,16+/m1/s1. The molecule has 0 bridgehead atoms. The predicted octanol–water partition coefficient (Wildman–Crippen LogP) is 2.55. The van der Waals surface area contributed by atoms with Gasteiger partial charge in [-0.25, -0.2) is 0 Å². The minimum absolute atomic E-state index is 0.0311. The fraction of sp³-hybridized carbons (Fsp3) is 0.611. The maximum absolute atomic E-state index is 12.7. The van der Waals surface area contributed by atoms with Gasteiger partial charge in [0, 0.05) is 12.0 Å². The van der Waals surface area contributed by atoms with Gasteiger partial charge in [0.2, 0.25) is 5.91 Å². The van der Waals surface area contributed by atoms with Crippen LogP contribution in [0.3, 0.4) is 0 Å². The van der Waals surface area contributed by atoms with Crippen LogP contribution in [0.1, 0.15) is 49.8 Å². The van der Waals surface area contributed by atoms with Gasteiger partial charge in [0.1, 0.15) is 6.10 Å². The van der Waals surface area contributed by atoms with Gasteiger partial charge < -0.3 is 15.4 Å². The molecule has 120 valence electrons. The monoisotopic (exact) mass is 302 g/mol. The van der Waals surface area contributed by atoms with Crippen LogP contribution in [0.5, 0.6) is 0 Å². The Morgan fingerprint density at radius 1 is 1.41 bits per heavy atom. The number of rotatable bonds is 3. The Morgan fingerprint density at radius 2 is 2.14 bits per heavy atom. The fourth-order valence-electron chi connectivity index (χ4n) is 3.45. The van der Waals surface area contributed by atoms with E-state index in [9.17, 15) is 4.79 Å². The zero-order valence-electron chi connectivity index (χ0n) is 13.5. The molecule has 3 rings (SSSR count). The molecule has 1 saturated carbocycles. The molecule has 1 heterocycles. The van der Waals surface area contributed by atoms with Crippen molar-refractivity contribution in [3.63, 3.8) is 0 Å². The van der Waals surface area contributed by atoms with Crippen molar-refractivity contribution in [1.82, 2.24) is 4.90 Å². The lowest BCUT2D eigenvalue weighted by molar-refractivity contribution is -0.146. The van der Waals surface area contributed by atoms with Crippen LogP contribution >= 0.6 is 0 Å². The summed E-state index contributed by atoms with van der Waals surface area (Å²) in [4.78, 5) is 14.6. The van der Waals surface area contributed by atoms with Crippen LogP contribution in [0.4, 0.5) is 0 Å². The first-order chi connectivity index (χ1) is 10.5. The number of amides is 1. The molecule has 1 aliphatic carbocycles. The van der Waals surface area contributed by atoms with E-state index in [4.69, 9.17) is 10.5 Å². The van der Waals surface area contributed by atoms with Gasteiger partial charge in [0.05, 0.1) is 19.2 Å². The van der Waals surface area contributed by atoms with E-state index in [1.54, 1.807) is 0 Å². The van der Waals surface area contributed by atoms with Gasteiger partial charge in [-0.1, -0.05) is 24.3 Å². The van der Waals surface area contributed by atoms with Crippen molar-refractivity contribution in [3.8, 4) is 0 Å². The molecule has 2 fully saturated rings. The van der Waals surface area contributed by atoms with Crippen LogP contribution in [-0.4, -0.2) is 35.5 Å². The van der Waals surface area contributed by atoms with Crippen molar-refractivity contribution < 1.29 is 9.53 Å². The topological polar surface area (TPSA) is 55.6 Å². The highest BCUT2D eigenvalue weighted by Gasteiger charge is 2.38. The van der Waals surface area contributed by atoms with E-state index in [1.165, 1.54) is 11.1 Å². The third kappa shape index (κ3) is 3.03. The number of carbonyl (C=O) groups is 1. The molecule has 1 amide bonds. The Labute approximate surface area is 132 Å². The molecule has 0 unspecified atom stereocenters. The molecule has 0 spiro atoms. The van der Waals surface area contributed by atoms with Crippen LogP contribution in [0.25, 0.3) is 0 Å². The molecule has 2 N–H and O–H groups in total. The van der Waals surface area contributed by atoms with Crippen molar-refractivity contribution in [1.29, 1.82) is 0 Å². The quantitative estimate of drug-likeness (QED) is 0.933. The van der Waals surface area contributed by atoms with Gasteiger partial charge in [-0.2, -0.15) is 0 Å². The molecule has 1 aromatic carbocycles. The maximum atomic E-state index is 12.7. The fourth-order valence-corrected chi connectivity index (χ4v) is 3.45. The van der Waals surface area contributed by atoms with Gasteiger partial charge in [-0.3, -0.25) is 4.79 Å². The first-order valence-corrected chi connectivity index (χ1v) is 8.24. The minimum atomic E-state index is -0.257. The number of carbonyl (C=O) groups excluding carboxylic acids is 1. The Hall–Kier alpha value is -1.39. The average molecular weight is 302 g/mol. The molecule has 4 nitrogen and oxygen atoms in total. The minimum Gasteiger partial charge on any atom is -0.370 e. The Balaban J connectivity index is 1.71. The van der Waals surface area contributed by atoms with E-state index in [1.807, 2.05) is 17.0 Å². The zero-order chi connectivity index (χ0) is 15.7. The number of benzene rings is 1. The summed E-state index contributed by atoms with van der Waals surface area (Å²) in [5.74, 6) is 0.177.